The maximum absolute atomic E-state index is 12.1. The highest BCUT2D eigenvalue weighted by atomic mass is 35.5. The summed E-state index contributed by atoms with van der Waals surface area (Å²) in [6.07, 6.45) is 2.98. The monoisotopic (exact) mass is 324 g/mol. The fourth-order valence-corrected chi connectivity index (χ4v) is 5.14. The topological polar surface area (TPSA) is 79.3 Å². The summed E-state index contributed by atoms with van der Waals surface area (Å²) in [7, 11) is -3.52. The summed E-state index contributed by atoms with van der Waals surface area (Å²) >= 11 is 6.70. The molecule has 0 atom stereocenters. The van der Waals surface area contributed by atoms with Crippen molar-refractivity contribution in [3.05, 3.63) is 10.2 Å². The Labute approximate surface area is 122 Å². The van der Waals surface area contributed by atoms with E-state index in [1.54, 1.807) is 6.92 Å². The van der Waals surface area contributed by atoms with Crippen molar-refractivity contribution in [3.63, 3.8) is 0 Å². The highest BCUT2D eigenvalue weighted by Gasteiger charge is 2.24. The molecule has 0 radical (unpaired) electrons. The van der Waals surface area contributed by atoms with Gasteiger partial charge >= 0.3 is 0 Å². The number of nitrogens with one attached hydrogen (secondary N) is 1. The van der Waals surface area contributed by atoms with E-state index < -0.39 is 10.0 Å². The second kappa shape index (κ2) is 6.05. The number of nitrogens with zero attached hydrogens (tertiary/aromatic N) is 1. The summed E-state index contributed by atoms with van der Waals surface area (Å²) in [5.41, 5.74) is 0.432. The van der Waals surface area contributed by atoms with Gasteiger partial charge in [0.05, 0.1) is 11.8 Å². The zero-order valence-corrected chi connectivity index (χ0v) is 13.0. The van der Waals surface area contributed by atoms with Crippen molar-refractivity contribution in [1.29, 1.82) is 0 Å². The Morgan fingerprint density at radius 1 is 1.42 bits per heavy atom. The lowest BCUT2D eigenvalue weighted by atomic mass is 9.88. The molecular weight excluding hydrogens is 308 g/mol. The predicted octanol–water partition coefficient (Wildman–Crippen LogP) is 1.93. The van der Waals surface area contributed by atoms with Gasteiger partial charge < -0.3 is 5.11 Å². The zero-order chi connectivity index (χ0) is 14.0. The number of aryl methyl sites for hydroxylation is 1. The van der Waals surface area contributed by atoms with Crippen molar-refractivity contribution < 1.29 is 13.5 Å². The van der Waals surface area contributed by atoms with Gasteiger partial charge in [-0.2, -0.15) is 0 Å². The van der Waals surface area contributed by atoms with Gasteiger partial charge in [0, 0.05) is 6.54 Å². The maximum atomic E-state index is 12.1. The van der Waals surface area contributed by atoms with E-state index in [0.29, 0.717) is 18.2 Å². The summed E-state index contributed by atoms with van der Waals surface area (Å²) < 4.78 is 27.3. The molecule has 1 fully saturated rings. The van der Waals surface area contributed by atoms with Crippen LogP contribution in [0.1, 0.15) is 31.4 Å². The van der Waals surface area contributed by atoms with E-state index in [-0.39, 0.29) is 14.8 Å². The van der Waals surface area contributed by atoms with Gasteiger partial charge in [0.1, 0.15) is 0 Å². The lowest BCUT2D eigenvalue weighted by Crippen LogP contribution is -2.32. The molecule has 0 aliphatic heterocycles. The van der Waals surface area contributed by atoms with Gasteiger partial charge in [-0.3, -0.25) is 0 Å². The predicted molar refractivity (Wildman–Crippen MR) is 75.0 cm³/mol. The molecule has 1 aliphatic rings. The van der Waals surface area contributed by atoms with E-state index in [0.717, 1.165) is 37.0 Å². The standard InChI is InChI=1S/C11H17ClN2O3S2/c1-7-10(18-11(12)14-7)19(16,17)13-6-8-2-4-9(15)5-3-8/h8-9,13,15H,2-6H2,1H3. The van der Waals surface area contributed by atoms with E-state index in [1.807, 2.05) is 0 Å². The average Bonchev–Trinajstić information content (AvgIpc) is 2.69. The normalized spacial score (nSPS) is 24.6. The number of aliphatic hydroxyl groups is 1. The summed E-state index contributed by atoms with van der Waals surface area (Å²) in [6, 6.07) is 0. The van der Waals surface area contributed by atoms with Crippen LogP contribution in [0, 0.1) is 12.8 Å². The Morgan fingerprint density at radius 3 is 2.58 bits per heavy atom. The summed E-state index contributed by atoms with van der Waals surface area (Å²) in [5.74, 6) is 0.293. The molecule has 19 heavy (non-hydrogen) atoms. The van der Waals surface area contributed by atoms with Gasteiger partial charge in [-0.15, -0.1) is 0 Å². The van der Waals surface area contributed by atoms with Crippen LogP contribution in [0.3, 0.4) is 0 Å². The quantitative estimate of drug-likeness (QED) is 0.887. The second-order valence-corrected chi connectivity index (χ2v) is 8.41. The van der Waals surface area contributed by atoms with Gasteiger partial charge in [-0.1, -0.05) is 22.9 Å². The third-order valence-corrected chi connectivity index (χ3v) is 6.65. The lowest BCUT2D eigenvalue weighted by molar-refractivity contribution is 0.110. The third kappa shape index (κ3) is 3.88. The van der Waals surface area contributed by atoms with Crippen LogP contribution in [0.25, 0.3) is 0 Å². The molecule has 2 N–H and O–H groups in total. The van der Waals surface area contributed by atoms with Crippen LogP contribution >= 0.6 is 22.9 Å². The number of halogens is 1. The van der Waals surface area contributed by atoms with E-state index >= 15 is 0 Å². The molecule has 0 spiro atoms. The van der Waals surface area contributed by atoms with Crippen molar-refractivity contribution in [2.75, 3.05) is 6.54 Å². The fourth-order valence-electron chi connectivity index (χ4n) is 2.24. The molecule has 1 saturated carbocycles. The largest absolute Gasteiger partial charge is 0.393 e. The van der Waals surface area contributed by atoms with Crippen LogP contribution in [0.4, 0.5) is 0 Å². The Hall–Kier alpha value is -0.210. The minimum Gasteiger partial charge on any atom is -0.393 e. The molecule has 108 valence electrons. The molecule has 2 rings (SSSR count). The number of sulfonamides is 1. The Bertz CT molecular complexity index is 536. The zero-order valence-electron chi connectivity index (χ0n) is 10.6. The molecule has 1 aliphatic carbocycles. The van der Waals surface area contributed by atoms with Crippen LogP contribution in [0.2, 0.25) is 4.47 Å². The van der Waals surface area contributed by atoms with Crippen LogP contribution < -0.4 is 4.72 Å². The lowest BCUT2D eigenvalue weighted by Gasteiger charge is -2.25. The number of aromatic nitrogens is 1. The first-order valence-corrected chi connectivity index (χ1v) is 8.87. The molecule has 1 aromatic rings. The minimum atomic E-state index is -3.52. The van der Waals surface area contributed by atoms with E-state index in [1.165, 1.54) is 0 Å². The van der Waals surface area contributed by atoms with Crippen LogP contribution in [-0.4, -0.2) is 31.2 Å². The molecule has 8 heteroatoms. The molecule has 1 heterocycles. The van der Waals surface area contributed by atoms with Crippen molar-refractivity contribution >= 4 is 33.0 Å². The highest BCUT2D eigenvalue weighted by molar-refractivity contribution is 7.91. The highest BCUT2D eigenvalue weighted by Crippen LogP contribution is 2.28. The molecule has 0 aromatic carbocycles. The first-order valence-electron chi connectivity index (χ1n) is 6.19. The summed E-state index contributed by atoms with van der Waals surface area (Å²) in [4.78, 5) is 3.91. The molecule has 1 aromatic heterocycles. The van der Waals surface area contributed by atoms with Crippen molar-refractivity contribution in [3.8, 4) is 0 Å². The summed E-state index contributed by atoms with van der Waals surface area (Å²) in [6.45, 7) is 2.04. The number of aliphatic hydroxyl groups excluding tert-OH is 1. The number of rotatable bonds is 4. The van der Waals surface area contributed by atoms with Crippen LogP contribution in [0.15, 0.2) is 4.21 Å². The Morgan fingerprint density at radius 2 is 2.05 bits per heavy atom. The Kier molecular flexibility index (Phi) is 4.84. The molecule has 0 unspecified atom stereocenters. The van der Waals surface area contributed by atoms with Crippen LogP contribution in [0.5, 0.6) is 0 Å². The first-order chi connectivity index (χ1) is 8.88. The number of thiazole rings is 1. The van der Waals surface area contributed by atoms with Gasteiger partial charge in [0.2, 0.25) is 0 Å². The molecular formula is C11H17ClN2O3S2. The molecule has 0 bridgehead atoms. The van der Waals surface area contributed by atoms with Crippen molar-refractivity contribution in [2.24, 2.45) is 5.92 Å². The van der Waals surface area contributed by atoms with E-state index in [9.17, 15) is 13.5 Å². The first kappa shape index (κ1) is 15.2. The third-order valence-electron chi connectivity index (χ3n) is 3.35. The maximum Gasteiger partial charge on any atom is 0.251 e. The molecule has 0 saturated heterocycles. The number of hydrogen-bond acceptors (Lipinski definition) is 5. The second-order valence-electron chi connectivity index (χ2n) is 4.87. The fraction of sp³-hybridized carbons (Fsp3) is 0.727. The van der Waals surface area contributed by atoms with Gasteiger partial charge in [0.15, 0.2) is 8.68 Å². The van der Waals surface area contributed by atoms with Gasteiger partial charge in [-0.25, -0.2) is 18.1 Å². The van der Waals surface area contributed by atoms with Crippen molar-refractivity contribution in [2.45, 2.75) is 42.9 Å². The van der Waals surface area contributed by atoms with E-state index in [2.05, 4.69) is 9.71 Å². The van der Waals surface area contributed by atoms with E-state index in [4.69, 9.17) is 11.6 Å². The number of hydrogen-bond donors (Lipinski definition) is 2. The van der Waals surface area contributed by atoms with Crippen LogP contribution in [-0.2, 0) is 10.0 Å². The molecule has 5 nitrogen and oxygen atoms in total. The minimum absolute atomic E-state index is 0.188. The SMILES string of the molecule is Cc1nc(Cl)sc1S(=O)(=O)NCC1CCC(O)CC1. The summed E-state index contributed by atoms with van der Waals surface area (Å²) in [5, 5.41) is 9.41. The van der Waals surface area contributed by atoms with Crippen molar-refractivity contribution in [1.82, 2.24) is 9.71 Å². The van der Waals surface area contributed by atoms with Gasteiger partial charge in [-0.05, 0) is 38.5 Å². The smallest absolute Gasteiger partial charge is 0.251 e. The molecule has 0 amide bonds. The van der Waals surface area contributed by atoms with Gasteiger partial charge in [0.25, 0.3) is 10.0 Å². The average molecular weight is 325 g/mol. The Balaban J connectivity index is 1.96.